The second kappa shape index (κ2) is 53.9. The summed E-state index contributed by atoms with van der Waals surface area (Å²) in [4.78, 5) is 25.4. The van der Waals surface area contributed by atoms with Crippen molar-refractivity contribution in [1.82, 2.24) is 0 Å². The van der Waals surface area contributed by atoms with Gasteiger partial charge in [0, 0.05) is 19.4 Å². The van der Waals surface area contributed by atoms with E-state index in [-0.39, 0.29) is 25.2 Å². The molecule has 0 N–H and O–H groups in total. The van der Waals surface area contributed by atoms with Crippen molar-refractivity contribution < 1.29 is 23.8 Å². The number of carbonyl (C=O) groups is 2. The minimum Gasteiger partial charge on any atom is -0.462 e. The van der Waals surface area contributed by atoms with Crippen LogP contribution in [0.2, 0.25) is 0 Å². The van der Waals surface area contributed by atoms with Crippen molar-refractivity contribution in [2.24, 2.45) is 0 Å². The first-order valence-electron chi connectivity index (χ1n) is 26.4. The molecule has 0 heterocycles. The van der Waals surface area contributed by atoms with E-state index in [0.717, 1.165) is 122 Å². The molecule has 364 valence electrons. The number of unbranched alkanes of at least 4 members (excludes halogenated alkanes) is 18. The molecule has 0 amide bonds. The van der Waals surface area contributed by atoms with Crippen LogP contribution in [0.25, 0.3) is 0 Å². The van der Waals surface area contributed by atoms with E-state index in [1.165, 1.54) is 70.6 Å². The fourth-order valence-electron chi connectivity index (χ4n) is 6.90. The molecule has 0 radical (unpaired) electrons. The van der Waals surface area contributed by atoms with Crippen molar-refractivity contribution in [3.05, 3.63) is 109 Å². The van der Waals surface area contributed by atoms with Gasteiger partial charge in [0.2, 0.25) is 0 Å². The molecular weight excluding hydrogens is 789 g/mol. The lowest BCUT2D eigenvalue weighted by Crippen LogP contribution is -2.30. The highest BCUT2D eigenvalue weighted by atomic mass is 16.6. The molecule has 0 spiro atoms. The van der Waals surface area contributed by atoms with Gasteiger partial charge in [0.1, 0.15) is 6.61 Å². The fraction of sp³-hybridized carbons (Fsp3) is 0.661. The second-order valence-electron chi connectivity index (χ2n) is 17.0. The van der Waals surface area contributed by atoms with Gasteiger partial charge in [-0.15, -0.1) is 0 Å². The minimum absolute atomic E-state index is 0.0521. The van der Waals surface area contributed by atoms with Gasteiger partial charge in [0.25, 0.3) is 0 Å². The van der Waals surface area contributed by atoms with Crippen molar-refractivity contribution in [1.29, 1.82) is 0 Å². The number of esters is 2. The maximum absolute atomic E-state index is 12.8. The van der Waals surface area contributed by atoms with Crippen LogP contribution in [-0.2, 0) is 23.8 Å². The van der Waals surface area contributed by atoms with Gasteiger partial charge < -0.3 is 14.2 Å². The predicted molar refractivity (Wildman–Crippen MR) is 279 cm³/mol. The molecule has 0 aliphatic heterocycles. The van der Waals surface area contributed by atoms with Crippen LogP contribution in [-0.4, -0.2) is 37.9 Å². The fourth-order valence-corrected chi connectivity index (χ4v) is 6.90. The molecule has 0 rings (SSSR count). The van der Waals surface area contributed by atoms with Crippen molar-refractivity contribution in [3.8, 4) is 0 Å². The zero-order chi connectivity index (χ0) is 46.3. The van der Waals surface area contributed by atoms with Gasteiger partial charge in [0.15, 0.2) is 6.10 Å². The third-order valence-electron chi connectivity index (χ3n) is 10.8. The Balaban J connectivity index is 4.35. The van der Waals surface area contributed by atoms with Crippen LogP contribution in [0, 0.1) is 0 Å². The number of hydrogen-bond acceptors (Lipinski definition) is 5. The molecule has 64 heavy (non-hydrogen) atoms. The summed E-state index contributed by atoms with van der Waals surface area (Å²) in [5, 5.41) is 0. The second-order valence-corrected chi connectivity index (χ2v) is 17.0. The molecular formula is C59H98O5. The quantitative estimate of drug-likeness (QED) is 0.0346. The average Bonchev–Trinajstić information content (AvgIpc) is 3.30. The molecule has 1 atom stereocenters. The average molecular weight is 887 g/mol. The Labute approximate surface area is 395 Å². The van der Waals surface area contributed by atoms with Gasteiger partial charge in [-0.3, -0.25) is 9.59 Å². The summed E-state index contributed by atoms with van der Waals surface area (Å²) in [7, 11) is 0. The highest BCUT2D eigenvalue weighted by Crippen LogP contribution is 2.13. The maximum Gasteiger partial charge on any atom is 0.306 e. The molecule has 5 heteroatoms. The van der Waals surface area contributed by atoms with Crippen LogP contribution in [0.5, 0.6) is 0 Å². The standard InChI is InChI=1S/C59H98O5/c1-4-7-10-13-16-19-22-25-27-29-30-31-32-35-37-40-43-46-49-52-58(60)63-56-57(64-59(61)53-50-47-44-41-38-34-24-21-18-15-12-9-6-3)55-62-54-51-48-45-42-39-36-33-28-26-23-20-17-14-11-8-5-2/h8-9,11-12,16-21,25-28,34,36,38-39,57H,4-7,10,13-15,22-24,29-33,35,37,40-56H2,1-3H3/b11-8-,12-9-,19-16-,20-17-,21-18-,27-25-,28-26-,38-34-,39-36-. The minimum atomic E-state index is -0.576. The molecule has 0 aliphatic rings. The summed E-state index contributed by atoms with van der Waals surface area (Å²) in [6.45, 7) is 7.46. The smallest absolute Gasteiger partial charge is 0.306 e. The summed E-state index contributed by atoms with van der Waals surface area (Å²) in [5.41, 5.74) is 0. The van der Waals surface area contributed by atoms with Gasteiger partial charge in [-0.25, -0.2) is 0 Å². The van der Waals surface area contributed by atoms with Crippen LogP contribution in [0.1, 0.15) is 226 Å². The van der Waals surface area contributed by atoms with Crippen molar-refractivity contribution in [2.45, 2.75) is 232 Å². The van der Waals surface area contributed by atoms with E-state index in [0.29, 0.717) is 19.4 Å². The van der Waals surface area contributed by atoms with Crippen molar-refractivity contribution in [3.63, 3.8) is 0 Å². The van der Waals surface area contributed by atoms with Gasteiger partial charge in [-0.1, -0.05) is 201 Å². The summed E-state index contributed by atoms with van der Waals surface area (Å²) in [6.07, 6.45) is 73.9. The third-order valence-corrected chi connectivity index (χ3v) is 10.8. The SMILES string of the molecule is CC/C=C\C/C=C\C/C=C\C/C=C\CCCCCOCC(COC(=O)CCCCCCCCCCC/C=C\C/C=C\CCCCC)OC(=O)CCCCC/C=C\C/C=C\C/C=C\CC. The summed E-state index contributed by atoms with van der Waals surface area (Å²) >= 11 is 0. The summed E-state index contributed by atoms with van der Waals surface area (Å²) in [5.74, 6) is -0.459. The Kier molecular flexibility index (Phi) is 51.0. The van der Waals surface area contributed by atoms with E-state index < -0.39 is 6.10 Å². The van der Waals surface area contributed by atoms with Crippen LogP contribution in [0.3, 0.4) is 0 Å². The van der Waals surface area contributed by atoms with Crippen LogP contribution < -0.4 is 0 Å². The van der Waals surface area contributed by atoms with E-state index in [4.69, 9.17) is 14.2 Å². The molecule has 0 saturated carbocycles. The molecule has 0 aromatic rings. The maximum atomic E-state index is 12.8. The largest absolute Gasteiger partial charge is 0.462 e. The van der Waals surface area contributed by atoms with Crippen molar-refractivity contribution >= 4 is 11.9 Å². The topological polar surface area (TPSA) is 61.8 Å². The Hall–Kier alpha value is -3.44. The zero-order valence-electron chi connectivity index (χ0n) is 41.8. The Bertz CT molecular complexity index is 1280. The van der Waals surface area contributed by atoms with Gasteiger partial charge in [-0.2, -0.15) is 0 Å². The lowest BCUT2D eigenvalue weighted by molar-refractivity contribution is -0.163. The van der Waals surface area contributed by atoms with Gasteiger partial charge in [0.05, 0.1) is 6.61 Å². The van der Waals surface area contributed by atoms with E-state index in [2.05, 4.69) is 130 Å². The predicted octanol–water partition coefficient (Wildman–Crippen LogP) is 18.0. The highest BCUT2D eigenvalue weighted by molar-refractivity contribution is 5.70. The zero-order valence-corrected chi connectivity index (χ0v) is 41.8. The first kappa shape index (κ1) is 60.6. The van der Waals surface area contributed by atoms with E-state index in [1.807, 2.05) is 0 Å². The molecule has 5 nitrogen and oxygen atoms in total. The van der Waals surface area contributed by atoms with Crippen LogP contribution in [0.4, 0.5) is 0 Å². The summed E-state index contributed by atoms with van der Waals surface area (Å²) in [6, 6.07) is 0. The Morgan fingerprint density at radius 3 is 1.14 bits per heavy atom. The molecule has 0 aromatic heterocycles. The lowest BCUT2D eigenvalue weighted by atomic mass is 10.1. The number of rotatable bonds is 47. The van der Waals surface area contributed by atoms with E-state index in [9.17, 15) is 9.59 Å². The monoisotopic (exact) mass is 887 g/mol. The molecule has 0 bridgehead atoms. The summed E-state index contributed by atoms with van der Waals surface area (Å²) < 4.78 is 17.4. The van der Waals surface area contributed by atoms with Crippen molar-refractivity contribution in [2.75, 3.05) is 19.8 Å². The third kappa shape index (κ3) is 51.2. The number of carbonyl (C=O) groups excluding carboxylic acids is 2. The van der Waals surface area contributed by atoms with Gasteiger partial charge >= 0.3 is 11.9 Å². The number of hydrogen-bond donors (Lipinski definition) is 0. The molecule has 0 aromatic carbocycles. The molecule has 0 saturated heterocycles. The van der Waals surface area contributed by atoms with Crippen LogP contribution >= 0.6 is 0 Å². The first-order chi connectivity index (χ1) is 31.6. The lowest BCUT2D eigenvalue weighted by Gasteiger charge is -2.18. The highest BCUT2D eigenvalue weighted by Gasteiger charge is 2.17. The number of allylic oxidation sites excluding steroid dienone is 18. The Morgan fingerprint density at radius 2 is 0.703 bits per heavy atom. The molecule has 0 fully saturated rings. The van der Waals surface area contributed by atoms with E-state index in [1.54, 1.807) is 0 Å². The Morgan fingerprint density at radius 1 is 0.359 bits per heavy atom. The molecule has 1 unspecified atom stereocenters. The van der Waals surface area contributed by atoms with E-state index >= 15 is 0 Å². The first-order valence-corrected chi connectivity index (χ1v) is 26.4. The number of ether oxygens (including phenoxy) is 3. The van der Waals surface area contributed by atoms with Gasteiger partial charge in [-0.05, 0) is 122 Å². The normalized spacial score (nSPS) is 13.1. The molecule has 0 aliphatic carbocycles. The van der Waals surface area contributed by atoms with Crippen LogP contribution in [0.15, 0.2) is 109 Å².